The molecule has 0 bridgehead atoms. The van der Waals surface area contributed by atoms with Crippen LogP contribution in [0.3, 0.4) is 0 Å². The number of nitrogens with one attached hydrogen (secondary N) is 1. The number of carbonyl (C=O) groups is 1. The van der Waals surface area contributed by atoms with Crippen molar-refractivity contribution in [2.24, 2.45) is 7.05 Å². The SMILES string of the molecule is CSc1ccc([C@H]2CC(=O)Nc3c2c(=O)nc(SC)n3C)cc1. The monoisotopic (exact) mass is 347 g/mol. The van der Waals surface area contributed by atoms with E-state index in [1.54, 1.807) is 16.3 Å². The maximum absolute atomic E-state index is 12.5. The number of rotatable bonds is 3. The number of fused-ring (bicyclic) bond motifs is 1. The minimum atomic E-state index is -0.263. The molecule has 0 aliphatic carbocycles. The summed E-state index contributed by atoms with van der Waals surface area (Å²) in [7, 11) is 1.82. The first-order valence-corrected chi connectivity index (χ1v) is 9.58. The van der Waals surface area contributed by atoms with Crippen molar-refractivity contribution < 1.29 is 4.79 Å². The highest BCUT2D eigenvalue weighted by Crippen LogP contribution is 2.36. The van der Waals surface area contributed by atoms with Crippen molar-refractivity contribution in [1.82, 2.24) is 9.55 Å². The Hall–Kier alpha value is -1.73. The number of benzene rings is 1. The van der Waals surface area contributed by atoms with Crippen molar-refractivity contribution in [3.05, 3.63) is 45.7 Å². The van der Waals surface area contributed by atoms with Crippen LogP contribution in [0.4, 0.5) is 5.82 Å². The number of aromatic nitrogens is 2. The first-order valence-electron chi connectivity index (χ1n) is 7.14. The van der Waals surface area contributed by atoms with Crippen molar-refractivity contribution in [3.8, 4) is 0 Å². The lowest BCUT2D eigenvalue weighted by atomic mass is 9.87. The number of amides is 1. The molecule has 1 N–H and O–H groups in total. The zero-order valence-corrected chi connectivity index (χ0v) is 14.8. The summed E-state index contributed by atoms with van der Waals surface area (Å²) in [5, 5.41) is 3.42. The molecule has 0 radical (unpaired) electrons. The molecular formula is C16H17N3O2S2. The van der Waals surface area contributed by atoms with E-state index in [2.05, 4.69) is 10.3 Å². The van der Waals surface area contributed by atoms with Crippen molar-refractivity contribution in [1.29, 1.82) is 0 Å². The van der Waals surface area contributed by atoms with E-state index < -0.39 is 0 Å². The lowest BCUT2D eigenvalue weighted by Crippen LogP contribution is -2.33. The molecule has 1 aromatic heterocycles. The Morgan fingerprint density at radius 2 is 1.87 bits per heavy atom. The van der Waals surface area contributed by atoms with Crippen molar-refractivity contribution in [3.63, 3.8) is 0 Å². The Kier molecular flexibility index (Phi) is 4.50. The summed E-state index contributed by atoms with van der Waals surface area (Å²) in [6.45, 7) is 0. The van der Waals surface area contributed by atoms with Gasteiger partial charge in [-0.3, -0.25) is 9.59 Å². The topological polar surface area (TPSA) is 64.0 Å². The van der Waals surface area contributed by atoms with E-state index in [4.69, 9.17) is 0 Å². The minimum absolute atomic E-state index is 0.0790. The smallest absolute Gasteiger partial charge is 0.279 e. The van der Waals surface area contributed by atoms with Crippen LogP contribution < -0.4 is 10.9 Å². The molecule has 5 nitrogen and oxygen atoms in total. The third-order valence-corrected chi connectivity index (χ3v) is 5.48. The maximum Gasteiger partial charge on any atom is 0.279 e. The molecule has 120 valence electrons. The van der Waals surface area contributed by atoms with Crippen LogP contribution in [-0.4, -0.2) is 28.0 Å². The van der Waals surface area contributed by atoms with Gasteiger partial charge in [0, 0.05) is 24.3 Å². The number of thioether (sulfide) groups is 2. The van der Waals surface area contributed by atoms with Gasteiger partial charge in [0.2, 0.25) is 5.91 Å². The van der Waals surface area contributed by atoms with Crippen LogP contribution in [0.5, 0.6) is 0 Å². The molecule has 7 heteroatoms. The second kappa shape index (κ2) is 6.41. The van der Waals surface area contributed by atoms with E-state index in [9.17, 15) is 9.59 Å². The number of carbonyl (C=O) groups excluding carboxylic acids is 1. The van der Waals surface area contributed by atoms with E-state index in [0.717, 1.165) is 10.5 Å². The number of anilines is 1. The van der Waals surface area contributed by atoms with E-state index in [1.807, 2.05) is 43.8 Å². The van der Waals surface area contributed by atoms with E-state index in [0.29, 0.717) is 16.5 Å². The maximum atomic E-state index is 12.5. The molecular weight excluding hydrogens is 330 g/mol. The lowest BCUT2D eigenvalue weighted by molar-refractivity contribution is -0.116. The van der Waals surface area contributed by atoms with Crippen molar-refractivity contribution in [2.75, 3.05) is 17.8 Å². The molecule has 0 saturated heterocycles. The lowest BCUT2D eigenvalue weighted by Gasteiger charge is -2.27. The van der Waals surface area contributed by atoms with Crippen molar-refractivity contribution in [2.45, 2.75) is 22.4 Å². The fourth-order valence-electron chi connectivity index (χ4n) is 2.84. The summed E-state index contributed by atoms with van der Waals surface area (Å²) in [5.74, 6) is 0.228. The molecule has 0 saturated carbocycles. The van der Waals surface area contributed by atoms with Gasteiger partial charge in [-0.05, 0) is 30.2 Å². The number of hydrogen-bond donors (Lipinski definition) is 1. The van der Waals surface area contributed by atoms with E-state index in [1.165, 1.54) is 11.8 Å². The summed E-state index contributed by atoms with van der Waals surface area (Å²) in [6, 6.07) is 8.00. The van der Waals surface area contributed by atoms with Gasteiger partial charge >= 0.3 is 0 Å². The first kappa shape index (κ1) is 16.1. The molecule has 0 spiro atoms. The first-order chi connectivity index (χ1) is 11.0. The molecule has 1 aromatic carbocycles. The highest BCUT2D eigenvalue weighted by Gasteiger charge is 2.31. The van der Waals surface area contributed by atoms with Crippen LogP contribution in [0.25, 0.3) is 0 Å². The Morgan fingerprint density at radius 3 is 2.48 bits per heavy atom. The predicted molar refractivity (Wildman–Crippen MR) is 94.6 cm³/mol. The molecule has 2 aromatic rings. The fourth-order valence-corrected chi connectivity index (χ4v) is 3.79. The summed E-state index contributed by atoms with van der Waals surface area (Å²) < 4.78 is 1.78. The average molecular weight is 347 g/mol. The molecule has 2 heterocycles. The van der Waals surface area contributed by atoms with Gasteiger partial charge in [-0.2, -0.15) is 4.98 Å². The van der Waals surface area contributed by atoms with Crippen LogP contribution in [-0.2, 0) is 11.8 Å². The van der Waals surface area contributed by atoms with Gasteiger partial charge in [-0.1, -0.05) is 23.9 Å². The van der Waals surface area contributed by atoms with Gasteiger partial charge in [0.05, 0.1) is 5.56 Å². The summed E-state index contributed by atoms with van der Waals surface area (Å²) in [5.41, 5.74) is 1.28. The normalized spacial score (nSPS) is 16.8. The zero-order valence-electron chi connectivity index (χ0n) is 13.1. The van der Waals surface area contributed by atoms with Gasteiger partial charge in [-0.15, -0.1) is 11.8 Å². The predicted octanol–water partition coefficient (Wildman–Crippen LogP) is 2.70. The average Bonchev–Trinajstić information content (AvgIpc) is 2.57. The zero-order chi connectivity index (χ0) is 16.6. The largest absolute Gasteiger partial charge is 0.312 e. The van der Waals surface area contributed by atoms with Gasteiger partial charge in [-0.25, -0.2) is 0 Å². The van der Waals surface area contributed by atoms with Gasteiger partial charge in [0.1, 0.15) is 5.82 Å². The van der Waals surface area contributed by atoms with E-state index >= 15 is 0 Å². The second-order valence-electron chi connectivity index (χ2n) is 5.30. The van der Waals surface area contributed by atoms with E-state index in [-0.39, 0.29) is 23.8 Å². The van der Waals surface area contributed by atoms with Gasteiger partial charge in [0.15, 0.2) is 5.16 Å². The third-order valence-electron chi connectivity index (χ3n) is 4.00. The van der Waals surface area contributed by atoms with Crippen LogP contribution in [0.15, 0.2) is 39.1 Å². The third kappa shape index (κ3) is 2.90. The van der Waals surface area contributed by atoms with Crippen LogP contribution in [0.1, 0.15) is 23.5 Å². The molecule has 3 rings (SSSR count). The summed E-state index contributed by atoms with van der Waals surface area (Å²) >= 11 is 3.04. The Labute approximate surface area is 142 Å². The van der Waals surface area contributed by atoms with Gasteiger partial charge in [0.25, 0.3) is 5.56 Å². The second-order valence-corrected chi connectivity index (χ2v) is 6.96. The quantitative estimate of drug-likeness (QED) is 0.683. The van der Waals surface area contributed by atoms with Crippen LogP contribution in [0.2, 0.25) is 0 Å². The molecule has 1 amide bonds. The van der Waals surface area contributed by atoms with Crippen molar-refractivity contribution >= 4 is 35.2 Å². The molecule has 1 aliphatic heterocycles. The van der Waals surface area contributed by atoms with Crippen LogP contribution in [0, 0.1) is 0 Å². The molecule has 0 fully saturated rings. The number of nitrogens with zero attached hydrogens (tertiary/aromatic N) is 2. The molecule has 1 atom stereocenters. The van der Waals surface area contributed by atoms with Gasteiger partial charge < -0.3 is 9.88 Å². The Morgan fingerprint density at radius 1 is 1.17 bits per heavy atom. The highest BCUT2D eigenvalue weighted by atomic mass is 32.2. The summed E-state index contributed by atoms with van der Waals surface area (Å²) in [6.07, 6.45) is 4.14. The van der Waals surface area contributed by atoms with Crippen LogP contribution >= 0.6 is 23.5 Å². The standard InChI is InChI=1S/C16H17N3O2S2/c1-19-14-13(15(21)18-16(19)23-3)11(8-12(20)17-14)9-4-6-10(22-2)7-5-9/h4-7,11H,8H2,1-3H3,(H,17,20)/t11-/m1/s1. The number of hydrogen-bond acceptors (Lipinski definition) is 5. The highest BCUT2D eigenvalue weighted by molar-refractivity contribution is 7.98. The fraction of sp³-hybridized carbons (Fsp3) is 0.312. The Balaban J connectivity index is 2.16. The minimum Gasteiger partial charge on any atom is -0.312 e. The molecule has 0 unspecified atom stereocenters. The Bertz CT molecular complexity index is 815. The summed E-state index contributed by atoms with van der Waals surface area (Å²) in [4.78, 5) is 30.0. The molecule has 1 aliphatic rings. The molecule has 23 heavy (non-hydrogen) atoms.